The fourth-order valence-electron chi connectivity index (χ4n) is 3.23. The molecule has 3 atom stereocenters. The van der Waals surface area contributed by atoms with Gasteiger partial charge in [-0.25, -0.2) is 4.39 Å². The molecule has 2 aliphatic rings. The molecule has 2 saturated heterocycles. The molecule has 1 aromatic rings. The Morgan fingerprint density at radius 3 is 2.90 bits per heavy atom. The monoisotopic (exact) mass is 295 g/mol. The van der Waals surface area contributed by atoms with Gasteiger partial charge in [0.15, 0.2) is 0 Å². The van der Waals surface area contributed by atoms with E-state index in [9.17, 15) is 4.39 Å². The molecule has 2 heterocycles. The predicted octanol–water partition coefficient (Wildman–Crippen LogP) is 3.53. The maximum absolute atomic E-state index is 13.0. The number of thioether (sulfide) groups is 1. The molecule has 0 aliphatic carbocycles. The summed E-state index contributed by atoms with van der Waals surface area (Å²) < 4.78 is 19.0. The van der Waals surface area contributed by atoms with E-state index in [1.807, 2.05) is 23.9 Å². The van der Waals surface area contributed by atoms with Gasteiger partial charge in [0.25, 0.3) is 0 Å². The van der Waals surface area contributed by atoms with Crippen molar-refractivity contribution >= 4 is 11.8 Å². The molecule has 1 spiro atoms. The molecule has 2 nitrogen and oxygen atoms in total. The van der Waals surface area contributed by atoms with Crippen molar-refractivity contribution in [1.82, 2.24) is 5.32 Å². The van der Waals surface area contributed by atoms with Crippen LogP contribution in [-0.4, -0.2) is 29.8 Å². The number of ether oxygens (including phenoxy) is 1. The average Bonchev–Trinajstić information content (AvgIpc) is 2.87. The fourth-order valence-corrected chi connectivity index (χ4v) is 4.61. The molecule has 1 N–H and O–H groups in total. The maximum atomic E-state index is 13.0. The molecule has 20 heavy (non-hydrogen) atoms. The summed E-state index contributed by atoms with van der Waals surface area (Å²) in [4.78, 5) is 0. The number of hydrogen-bond acceptors (Lipinski definition) is 3. The van der Waals surface area contributed by atoms with Crippen molar-refractivity contribution in [3.05, 3.63) is 35.6 Å². The van der Waals surface area contributed by atoms with Gasteiger partial charge in [-0.05, 0) is 49.6 Å². The lowest BCUT2D eigenvalue weighted by Gasteiger charge is -2.39. The Balaban J connectivity index is 1.60. The van der Waals surface area contributed by atoms with Crippen LogP contribution in [0.3, 0.4) is 0 Å². The zero-order valence-electron chi connectivity index (χ0n) is 11.9. The van der Waals surface area contributed by atoms with Crippen molar-refractivity contribution in [1.29, 1.82) is 0 Å². The Bertz CT molecular complexity index is 444. The topological polar surface area (TPSA) is 21.3 Å². The summed E-state index contributed by atoms with van der Waals surface area (Å²) in [5.41, 5.74) is 1.26. The van der Waals surface area contributed by atoms with Gasteiger partial charge in [0.1, 0.15) is 5.82 Å². The largest absolute Gasteiger partial charge is 0.374 e. The van der Waals surface area contributed by atoms with Gasteiger partial charge in [0, 0.05) is 24.4 Å². The molecule has 0 amide bonds. The molecule has 1 aromatic carbocycles. The molecule has 4 heteroatoms. The van der Waals surface area contributed by atoms with Crippen molar-refractivity contribution in [3.63, 3.8) is 0 Å². The van der Waals surface area contributed by atoms with E-state index >= 15 is 0 Å². The fraction of sp³-hybridized carbons (Fsp3) is 0.625. The van der Waals surface area contributed by atoms with Crippen LogP contribution in [-0.2, 0) is 4.74 Å². The first-order valence-electron chi connectivity index (χ1n) is 7.40. The van der Waals surface area contributed by atoms with Crippen molar-refractivity contribution in [2.75, 3.05) is 18.1 Å². The second kappa shape index (κ2) is 6.04. The Hall–Kier alpha value is -0.580. The lowest BCUT2D eigenvalue weighted by molar-refractivity contribution is -0.0711. The van der Waals surface area contributed by atoms with Crippen LogP contribution in [0.25, 0.3) is 0 Å². The van der Waals surface area contributed by atoms with Gasteiger partial charge >= 0.3 is 0 Å². The van der Waals surface area contributed by atoms with Crippen LogP contribution in [0.5, 0.6) is 0 Å². The molecule has 110 valence electrons. The molecule has 0 aromatic heterocycles. The second-order valence-corrected chi connectivity index (χ2v) is 7.07. The number of halogens is 1. The van der Waals surface area contributed by atoms with Gasteiger partial charge in [-0.15, -0.1) is 0 Å². The Labute approximate surface area is 124 Å². The molecule has 0 bridgehead atoms. The summed E-state index contributed by atoms with van der Waals surface area (Å²) >= 11 is 2.00. The number of hydrogen-bond donors (Lipinski definition) is 1. The zero-order chi connectivity index (χ0) is 14.0. The van der Waals surface area contributed by atoms with E-state index in [4.69, 9.17) is 4.74 Å². The van der Waals surface area contributed by atoms with Crippen molar-refractivity contribution in [3.8, 4) is 0 Å². The van der Waals surface area contributed by atoms with E-state index in [0.29, 0.717) is 6.04 Å². The number of nitrogens with one attached hydrogen (secondary N) is 1. The lowest BCUT2D eigenvalue weighted by Crippen LogP contribution is -2.47. The third-order valence-electron chi connectivity index (χ3n) is 4.42. The summed E-state index contributed by atoms with van der Waals surface area (Å²) in [6.45, 7) is 3.01. The van der Waals surface area contributed by atoms with E-state index < -0.39 is 0 Å². The van der Waals surface area contributed by atoms with E-state index in [2.05, 4.69) is 12.2 Å². The minimum absolute atomic E-state index is 0.114. The summed E-state index contributed by atoms with van der Waals surface area (Å²) in [5, 5.41) is 3.69. The molecule has 2 fully saturated rings. The van der Waals surface area contributed by atoms with E-state index in [0.717, 1.165) is 30.8 Å². The summed E-state index contributed by atoms with van der Waals surface area (Å²) in [6.07, 6.45) is 3.35. The molecule has 0 radical (unpaired) electrons. The highest BCUT2D eigenvalue weighted by atomic mass is 32.2. The van der Waals surface area contributed by atoms with Gasteiger partial charge in [-0.1, -0.05) is 12.1 Å². The highest BCUT2D eigenvalue weighted by Gasteiger charge is 2.40. The van der Waals surface area contributed by atoms with Crippen molar-refractivity contribution in [2.45, 2.75) is 43.9 Å². The highest BCUT2D eigenvalue weighted by molar-refractivity contribution is 7.99. The molecule has 2 unspecified atom stereocenters. The summed E-state index contributed by atoms with van der Waals surface area (Å²) in [5.74, 6) is 2.19. The minimum atomic E-state index is -0.172. The van der Waals surface area contributed by atoms with Crippen molar-refractivity contribution < 1.29 is 9.13 Å². The first-order chi connectivity index (χ1) is 9.67. The number of rotatable bonds is 3. The molecular weight excluding hydrogens is 273 g/mol. The maximum Gasteiger partial charge on any atom is 0.123 e. The van der Waals surface area contributed by atoms with E-state index in [1.165, 1.54) is 24.3 Å². The van der Waals surface area contributed by atoms with Gasteiger partial charge in [0.2, 0.25) is 0 Å². The van der Waals surface area contributed by atoms with Crippen LogP contribution < -0.4 is 5.32 Å². The Kier molecular flexibility index (Phi) is 4.34. The van der Waals surface area contributed by atoms with Gasteiger partial charge in [0.05, 0.1) is 5.60 Å². The average molecular weight is 295 g/mol. The van der Waals surface area contributed by atoms with Crippen LogP contribution in [0.15, 0.2) is 24.3 Å². The van der Waals surface area contributed by atoms with Gasteiger partial charge < -0.3 is 10.1 Å². The van der Waals surface area contributed by atoms with E-state index in [-0.39, 0.29) is 17.5 Å². The SMILES string of the molecule is C[C@H](NC1CCOC2(CCSC2)C1)c1ccc(F)cc1. The van der Waals surface area contributed by atoms with Crippen LogP contribution >= 0.6 is 11.8 Å². The van der Waals surface area contributed by atoms with Gasteiger partial charge in [-0.3, -0.25) is 0 Å². The first-order valence-corrected chi connectivity index (χ1v) is 8.56. The van der Waals surface area contributed by atoms with Crippen molar-refractivity contribution in [2.24, 2.45) is 0 Å². The second-order valence-electron chi connectivity index (χ2n) is 5.96. The molecular formula is C16H22FNOS. The summed E-state index contributed by atoms with van der Waals surface area (Å²) in [7, 11) is 0. The Morgan fingerprint density at radius 1 is 1.40 bits per heavy atom. The summed E-state index contributed by atoms with van der Waals surface area (Å²) in [6, 6.07) is 7.56. The standard InChI is InChI=1S/C16H22FNOS/c1-12(13-2-4-14(17)5-3-13)18-15-6-8-19-16(10-15)7-9-20-11-16/h2-5,12,15,18H,6-11H2,1H3/t12-,15?,16?/m0/s1. The van der Waals surface area contributed by atoms with Crippen LogP contribution in [0.4, 0.5) is 4.39 Å². The van der Waals surface area contributed by atoms with Crippen LogP contribution in [0, 0.1) is 5.82 Å². The normalized spacial score (nSPS) is 31.6. The quantitative estimate of drug-likeness (QED) is 0.922. The number of benzene rings is 1. The smallest absolute Gasteiger partial charge is 0.123 e. The predicted molar refractivity (Wildman–Crippen MR) is 81.6 cm³/mol. The third kappa shape index (κ3) is 3.18. The first kappa shape index (κ1) is 14.4. The minimum Gasteiger partial charge on any atom is -0.374 e. The zero-order valence-corrected chi connectivity index (χ0v) is 12.7. The molecule has 2 aliphatic heterocycles. The molecule has 3 rings (SSSR count). The van der Waals surface area contributed by atoms with Gasteiger partial charge in [-0.2, -0.15) is 11.8 Å². The Morgan fingerprint density at radius 2 is 2.20 bits per heavy atom. The van der Waals surface area contributed by atoms with Crippen LogP contribution in [0.1, 0.15) is 37.8 Å². The van der Waals surface area contributed by atoms with Crippen LogP contribution in [0.2, 0.25) is 0 Å². The lowest BCUT2D eigenvalue weighted by atomic mass is 9.89. The molecule has 0 saturated carbocycles. The third-order valence-corrected chi connectivity index (χ3v) is 5.64. The van der Waals surface area contributed by atoms with E-state index in [1.54, 1.807) is 0 Å². The highest BCUT2D eigenvalue weighted by Crippen LogP contribution is 2.38.